The first-order valence-electron chi connectivity index (χ1n) is 17.0. The minimum atomic E-state index is 0.166. The van der Waals surface area contributed by atoms with Gasteiger partial charge in [0.05, 0.1) is 18.3 Å². The summed E-state index contributed by atoms with van der Waals surface area (Å²) in [7, 11) is 0. The van der Waals surface area contributed by atoms with Crippen molar-refractivity contribution in [3.8, 4) is 24.5 Å². The normalized spacial score (nSPS) is 18.7. The number of ether oxygens (including phenoxy) is 3. The summed E-state index contributed by atoms with van der Waals surface area (Å²) in [6, 6.07) is 14.9. The van der Waals surface area contributed by atoms with Crippen molar-refractivity contribution < 1.29 is 28.6 Å². The van der Waals surface area contributed by atoms with Gasteiger partial charge in [-0.25, -0.2) is 24.4 Å². The van der Waals surface area contributed by atoms with Crippen LogP contribution in [0.4, 0.5) is 5.69 Å². The van der Waals surface area contributed by atoms with Crippen molar-refractivity contribution >= 4 is 23.9 Å². The molecule has 0 radical (unpaired) electrons. The zero-order chi connectivity index (χ0) is 36.1. The van der Waals surface area contributed by atoms with Crippen LogP contribution in [0.3, 0.4) is 0 Å². The molecule has 50 heavy (non-hydrogen) atoms. The molecule has 2 saturated carbocycles. The number of unbranched alkanes of at least 4 members (excludes halogenated alkanes) is 3. The molecular formula is C38H44N6O6. The Morgan fingerprint density at radius 1 is 0.660 bits per heavy atom. The van der Waals surface area contributed by atoms with Crippen molar-refractivity contribution in [1.82, 2.24) is 0 Å². The summed E-state index contributed by atoms with van der Waals surface area (Å²) in [5.41, 5.74) is 2.81. The lowest BCUT2D eigenvalue weighted by Gasteiger charge is -2.32. The monoisotopic (exact) mass is 680 g/mol. The summed E-state index contributed by atoms with van der Waals surface area (Å²) >= 11 is 0. The maximum absolute atomic E-state index is 10.2. The van der Waals surface area contributed by atoms with Gasteiger partial charge in [-0.15, -0.1) is 5.26 Å². The lowest BCUT2D eigenvalue weighted by Crippen LogP contribution is -2.24. The van der Waals surface area contributed by atoms with Gasteiger partial charge in [0.25, 0.3) is 18.8 Å². The molecular weight excluding hydrogens is 636 g/mol. The van der Waals surface area contributed by atoms with E-state index >= 15 is 0 Å². The summed E-state index contributed by atoms with van der Waals surface area (Å²) in [4.78, 5) is 40.8. The number of carbonyl (C=O) groups excluding carboxylic acids is 3. The summed E-state index contributed by atoms with van der Waals surface area (Å²) in [5.74, 6) is 2.13. The second-order valence-electron chi connectivity index (χ2n) is 12.2. The molecule has 12 nitrogen and oxygen atoms in total. The quantitative estimate of drug-likeness (QED) is 0.0782. The van der Waals surface area contributed by atoms with Gasteiger partial charge in [0.1, 0.15) is 18.5 Å². The van der Waals surface area contributed by atoms with E-state index in [9.17, 15) is 14.4 Å². The van der Waals surface area contributed by atoms with E-state index < -0.39 is 0 Å². The average Bonchev–Trinajstić information content (AvgIpc) is 3.14. The van der Waals surface area contributed by atoms with Crippen LogP contribution < -0.4 is 4.74 Å². The van der Waals surface area contributed by atoms with E-state index in [0.29, 0.717) is 24.6 Å². The molecule has 0 heterocycles. The fraction of sp³-hybridized carbons (Fsp3) is 0.526. The van der Waals surface area contributed by atoms with Gasteiger partial charge in [0.15, 0.2) is 0 Å². The van der Waals surface area contributed by atoms with Crippen molar-refractivity contribution in [2.45, 2.75) is 102 Å². The van der Waals surface area contributed by atoms with E-state index in [1.54, 1.807) is 42.9 Å². The molecule has 262 valence electrons. The molecule has 0 aliphatic heterocycles. The molecule has 2 aliphatic rings. The van der Waals surface area contributed by atoms with E-state index in [1.165, 1.54) is 44.3 Å². The average molecular weight is 681 g/mol. The van der Waals surface area contributed by atoms with E-state index in [1.807, 2.05) is 30.5 Å². The third kappa shape index (κ3) is 18.1. The van der Waals surface area contributed by atoms with Crippen LogP contribution in [0.5, 0.6) is 5.75 Å². The van der Waals surface area contributed by atoms with Crippen molar-refractivity contribution in [3.05, 3.63) is 59.7 Å². The molecule has 0 bridgehead atoms. The van der Waals surface area contributed by atoms with Crippen molar-refractivity contribution in [3.63, 3.8) is 0 Å². The molecule has 12 heteroatoms. The van der Waals surface area contributed by atoms with Crippen LogP contribution in [0.25, 0.3) is 0 Å². The first-order chi connectivity index (χ1) is 24.5. The number of nitrogens with zero attached hydrogens (tertiary/aromatic N) is 6. The highest BCUT2D eigenvalue weighted by Crippen LogP contribution is 2.36. The Kier molecular flexibility index (Phi) is 21.5. The van der Waals surface area contributed by atoms with E-state index in [0.717, 1.165) is 80.8 Å². The number of hydrogen-bond donors (Lipinski definition) is 0. The Hall–Kier alpha value is -5.55. The van der Waals surface area contributed by atoms with Crippen molar-refractivity contribution in [2.24, 2.45) is 26.8 Å². The maximum Gasteiger partial charge on any atom is 0.292 e. The number of aliphatic imine (C=N–C) groups is 3. The molecule has 0 unspecified atom stereocenters. The van der Waals surface area contributed by atoms with Gasteiger partial charge in [-0.05, 0) is 131 Å². The van der Waals surface area contributed by atoms with E-state index in [-0.39, 0.29) is 12.1 Å². The molecule has 0 spiro atoms. The standard InChI is InChI=1S/C15H22N2O2.C15H10N2O2.C8H12N2O2/c2*16-10-19-15-7-3-13(4-8-15)9-12-1-5-14(6-2-12)17-11-18;9-7-12-6-4-2-1-3-5-10-8-11/h12-15H,1-9H2;1-8H,9H2;1-6H2. The molecule has 4 rings (SSSR count). The van der Waals surface area contributed by atoms with Gasteiger partial charge in [0, 0.05) is 0 Å². The zero-order valence-electron chi connectivity index (χ0n) is 28.4. The van der Waals surface area contributed by atoms with E-state index in [2.05, 4.69) is 19.7 Å². The molecule has 2 aromatic rings. The molecule has 0 atom stereocenters. The first kappa shape index (κ1) is 40.6. The van der Waals surface area contributed by atoms with Crippen molar-refractivity contribution in [2.75, 3.05) is 13.2 Å². The number of rotatable bonds is 15. The zero-order valence-corrected chi connectivity index (χ0v) is 28.4. The van der Waals surface area contributed by atoms with Gasteiger partial charge in [0.2, 0.25) is 18.2 Å². The topological polar surface area (TPSA) is 187 Å². The van der Waals surface area contributed by atoms with Crippen LogP contribution in [0, 0.1) is 46.4 Å². The number of isocyanates is 3. The Bertz CT molecular complexity index is 1510. The summed E-state index contributed by atoms with van der Waals surface area (Å²) in [6.45, 7) is 1.05. The predicted molar refractivity (Wildman–Crippen MR) is 184 cm³/mol. The molecule has 0 saturated heterocycles. The molecule has 0 amide bonds. The van der Waals surface area contributed by atoms with Crippen LogP contribution in [0.15, 0.2) is 63.5 Å². The van der Waals surface area contributed by atoms with E-state index in [4.69, 9.17) is 25.3 Å². The Morgan fingerprint density at radius 2 is 1.28 bits per heavy atom. The molecule has 0 N–H and O–H groups in total. The fourth-order valence-electron chi connectivity index (χ4n) is 6.13. The Labute approximate surface area is 294 Å². The number of benzene rings is 2. The Morgan fingerprint density at radius 3 is 1.84 bits per heavy atom. The Balaban J connectivity index is 0.000000269. The van der Waals surface area contributed by atoms with Crippen LogP contribution in [-0.2, 0) is 30.3 Å². The molecule has 2 fully saturated rings. The second kappa shape index (κ2) is 26.4. The van der Waals surface area contributed by atoms with Gasteiger partial charge in [-0.1, -0.05) is 30.7 Å². The van der Waals surface area contributed by atoms with Crippen LogP contribution >= 0.6 is 0 Å². The second-order valence-corrected chi connectivity index (χ2v) is 12.2. The van der Waals surface area contributed by atoms with Crippen LogP contribution in [0.1, 0.15) is 94.6 Å². The van der Waals surface area contributed by atoms with Gasteiger partial charge in [-0.3, -0.25) is 0 Å². The van der Waals surface area contributed by atoms with Gasteiger partial charge in [-0.2, -0.15) is 15.5 Å². The largest absolute Gasteiger partial charge is 0.428 e. The summed E-state index contributed by atoms with van der Waals surface area (Å²) in [6.07, 6.45) is 24.7. The van der Waals surface area contributed by atoms with Crippen LogP contribution in [0.2, 0.25) is 0 Å². The lowest BCUT2D eigenvalue weighted by molar-refractivity contribution is 0.0915. The molecule has 2 aromatic carbocycles. The highest BCUT2D eigenvalue weighted by molar-refractivity contribution is 5.49. The smallest absolute Gasteiger partial charge is 0.292 e. The number of hydrogen-bond acceptors (Lipinski definition) is 12. The fourth-order valence-corrected chi connectivity index (χ4v) is 6.13. The summed E-state index contributed by atoms with van der Waals surface area (Å²) < 4.78 is 14.2. The highest BCUT2D eigenvalue weighted by Gasteiger charge is 2.27. The van der Waals surface area contributed by atoms with Crippen LogP contribution in [-0.4, -0.2) is 43.5 Å². The SMILES string of the molecule is N#COC1CCC(CC2CCC(N=C=O)CC2)CC1.N#COCCCCCCN=C=O.N#COc1ccc(Cc2ccc(N=C=O)cc2)cc1. The minimum Gasteiger partial charge on any atom is -0.428 e. The lowest BCUT2D eigenvalue weighted by atomic mass is 9.76. The molecule has 2 aliphatic carbocycles. The third-order valence-electron chi connectivity index (χ3n) is 8.73. The minimum absolute atomic E-state index is 0.166. The first-order valence-corrected chi connectivity index (χ1v) is 17.0. The predicted octanol–water partition coefficient (Wildman–Crippen LogP) is 7.81. The third-order valence-corrected chi connectivity index (χ3v) is 8.73. The van der Waals surface area contributed by atoms with Gasteiger partial charge >= 0.3 is 0 Å². The number of nitriles is 3. The highest BCUT2D eigenvalue weighted by atomic mass is 16.5. The maximum atomic E-state index is 10.2. The summed E-state index contributed by atoms with van der Waals surface area (Å²) in [5, 5.41) is 24.9. The van der Waals surface area contributed by atoms with Crippen molar-refractivity contribution in [1.29, 1.82) is 15.8 Å². The molecule has 0 aromatic heterocycles. The van der Waals surface area contributed by atoms with Gasteiger partial charge < -0.3 is 14.2 Å².